The molecule has 0 aliphatic carbocycles. The average Bonchev–Trinajstić information content (AvgIpc) is 2.21. The van der Waals surface area contributed by atoms with E-state index >= 15 is 0 Å². The van der Waals surface area contributed by atoms with E-state index in [0.717, 1.165) is 12.1 Å². The smallest absolute Gasteiger partial charge is 0.0860 e. The molecule has 0 atom stereocenters. The Kier molecular flexibility index (Phi) is 4.76. The largest absolute Gasteiger partial charge is 0.390 e. The summed E-state index contributed by atoms with van der Waals surface area (Å²) in [6.07, 6.45) is 6.22. The van der Waals surface area contributed by atoms with E-state index in [1.165, 1.54) is 31.2 Å². The molecule has 1 aromatic rings. The van der Waals surface area contributed by atoms with Crippen LogP contribution in [0.4, 0.5) is 5.69 Å². The van der Waals surface area contributed by atoms with Crippen LogP contribution in [0, 0.1) is 0 Å². The Balaban J connectivity index is 2.64. The van der Waals surface area contributed by atoms with Gasteiger partial charge in [-0.1, -0.05) is 38.0 Å². The maximum atomic E-state index is 5.29. The predicted molar refractivity (Wildman–Crippen MR) is 62.0 cm³/mol. The molecule has 0 saturated heterocycles. The number of aliphatic imine (C=N–C) groups is 1. The van der Waals surface area contributed by atoms with Gasteiger partial charge in [-0.25, -0.2) is 4.99 Å². The zero-order valence-corrected chi connectivity index (χ0v) is 8.74. The SMILES string of the molecule is CCCCCc1ccccc1/N=C\N. The summed E-state index contributed by atoms with van der Waals surface area (Å²) in [6, 6.07) is 8.17. The zero-order chi connectivity index (χ0) is 10.2. The molecule has 76 valence electrons. The molecule has 0 heterocycles. The Bertz CT molecular complexity index is 292. The first-order chi connectivity index (χ1) is 6.88. The van der Waals surface area contributed by atoms with Crippen molar-refractivity contribution >= 4 is 12.0 Å². The van der Waals surface area contributed by atoms with Crippen LogP contribution in [0.15, 0.2) is 29.3 Å². The third-order valence-electron chi connectivity index (χ3n) is 2.25. The van der Waals surface area contributed by atoms with Crippen molar-refractivity contribution in [3.05, 3.63) is 29.8 Å². The van der Waals surface area contributed by atoms with Gasteiger partial charge in [0.15, 0.2) is 0 Å². The van der Waals surface area contributed by atoms with Crippen LogP contribution in [0.1, 0.15) is 31.7 Å². The summed E-state index contributed by atoms with van der Waals surface area (Å²) in [5.41, 5.74) is 7.59. The first-order valence-corrected chi connectivity index (χ1v) is 5.20. The first kappa shape index (κ1) is 10.8. The second-order valence-corrected chi connectivity index (χ2v) is 3.36. The number of nitrogens with two attached hydrogens (primary N) is 1. The van der Waals surface area contributed by atoms with Crippen LogP contribution >= 0.6 is 0 Å². The van der Waals surface area contributed by atoms with Crippen LogP contribution in [-0.2, 0) is 6.42 Å². The highest BCUT2D eigenvalue weighted by atomic mass is 14.8. The van der Waals surface area contributed by atoms with E-state index in [1.807, 2.05) is 12.1 Å². The monoisotopic (exact) mass is 190 g/mol. The summed E-state index contributed by atoms with van der Waals surface area (Å²) in [7, 11) is 0. The molecule has 1 aromatic carbocycles. The minimum atomic E-state index is 1.01. The second-order valence-electron chi connectivity index (χ2n) is 3.36. The van der Waals surface area contributed by atoms with Gasteiger partial charge in [0.1, 0.15) is 0 Å². The van der Waals surface area contributed by atoms with Crippen LogP contribution in [0.3, 0.4) is 0 Å². The number of unbranched alkanes of at least 4 members (excludes halogenated alkanes) is 2. The molecule has 14 heavy (non-hydrogen) atoms. The van der Waals surface area contributed by atoms with Crippen LogP contribution in [-0.4, -0.2) is 6.34 Å². The number of nitrogens with zero attached hydrogens (tertiary/aromatic N) is 1. The van der Waals surface area contributed by atoms with Crippen molar-refractivity contribution < 1.29 is 0 Å². The lowest BCUT2D eigenvalue weighted by Crippen LogP contribution is -1.90. The predicted octanol–water partition coefficient (Wildman–Crippen LogP) is 3.04. The van der Waals surface area contributed by atoms with Crippen molar-refractivity contribution in [1.82, 2.24) is 0 Å². The van der Waals surface area contributed by atoms with Gasteiger partial charge in [0.25, 0.3) is 0 Å². The van der Waals surface area contributed by atoms with Crippen molar-refractivity contribution in [3.63, 3.8) is 0 Å². The first-order valence-electron chi connectivity index (χ1n) is 5.20. The van der Waals surface area contributed by atoms with E-state index in [9.17, 15) is 0 Å². The van der Waals surface area contributed by atoms with E-state index < -0.39 is 0 Å². The van der Waals surface area contributed by atoms with Crippen LogP contribution in [0.5, 0.6) is 0 Å². The van der Waals surface area contributed by atoms with Gasteiger partial charge >= 0.3 is 0 Å². The van der Waals surface area contributed by atoms with E-state index in [-0.39, 0.29) is 0 Å². The number of para-hydroxylation sites is 1. The lowest BCUT2D eigenvalue weighted by atomic mass is 10.1. The molecule has 1 rings (SSSR count). The molecule has 2 N–H and O–H groups in total. The van der Waals surface area contributed by atoms with Crippen LogP contribution in [0.2, 0.25) is 0 Å². The Morgan fingerprint density at radius 2 is 2.07 bits per heavy atom. The van der Waals surface area contributed by atoms with Gasteiger partial charge in [0, 0.05) is 0 Å². The molecular formula is C12H18N2. The van der Waals surface area contributed by atoms with Gasteiger partial charge in [-0.05, 0) is 24.5 Å². The highest BCUT2D eigenvalue weighted by Gasteiger charge is 1.98. The minimum Gasteiger partial charge on any atom is -0.390 e. The molecule has 0 aromatic heterocycles. The topological polar surface area (TPSA) is 38.4 Å². The molecule has 0 spiro atoms. The molecule has 0 saturated carbocycles. The normalized spacial score (nSPS) is 10.9. The number of rotatable bonds is 5. The van der Waals surface area contributed by atoms with E-state index in [4.69, 9.17) is 5.73 Å². The number of benzene rings is 1. The summed E-state index contributed by atoms with van der Waals surface area (Å²) < 4.78 is 0. The van der Waals surface area contributed by atoms with Crippen molar-refractivity contribution in [2.24, 2.45) is 10.7 Å². The van der Waals surface area contributed by atoms with Crippen LogP contribution < -0.4 is 5.73 Å². The maximum absolute atomic E-state index is 5.29. The summed E-state index contributed by atoms with van der Waals surface area (Å²) in [5, 5.41) is 0. The van der Waals surface area contributed by atoms with Gasteiger partial charge < -0.3 is 5.73 Å². The Labute approximate surface area is 85.9 Å². The fraction of sp³-hybridized carbons (Fsp3) is 0.417. The summed E-state index contributed by atoms with van der Waals surface area (Å²) in [4.78, 5) is 4.14. The molecule has 0 unspecified atom stereocenters. The fourth-order valence-corrected chi connectivity index (χ4v) is 1.49. The van der Waals surface area contributed by atoms with Gasteiger partial charge in [0.2, 0.25) is 0 Å². The summed E-state index contributed by atoms with van der Waals surface area (Å²) in [6.45, 7) is 2.21. The van der Waals surface area contributed by atoms with Crippen molar-refractivity contribution in [1.29, 1.82) is 0 Å². The molecule has 2 heteroatoms. The van der Waals surface area contributed by atoms with Crippen molar-refractivity contribution in [2.45, 2.75) is 32.6 Å². The molecule has 0 fully saturated rings. The average molecular weight is 190 g/mol. The third-order valence-corrected chi connectivity index (χ3v) is 2.25. The van der Waals surface area contributed by atoms with E-state index in [1.54, 1.807) is 0 Å². The van der Waals surface area contributed by atoms with Gasteiger partial charge in [-0.15, -0.1) is 0 Å². The number of hydrogen-bond donors (Lipinski definition) is 1. The lowest BCUT2D eigenvalue weighted by molar-refractivity contribution is 0.718. The molecule has 0 bridgehead atoms. The molecular weight excluding hydrogens is 172 g/mol. The maximum Gasteiger partial charge on any atom is 0.0860 e. The quantitative estimate of drug-likeness (QED) is 0.432. The summed E-state index contributed by atoms with van der Waals surface area (Å²) >= 11 is 0. The van der Waals surface area contributed by atoms with Gasteiger partial charge in [0.05, 0.1) is 12.0 Å². The zero-order valence-electron chi connectivity index (χ0n) is 8.74. The Morgan fingerprint density at radius 3 is 2.79 bits per heavy atom. The molecule has 0 amide bonds. The highest BCUT2D eigenvalue weighted by molar-refractivity contribution is 5.61. The fourth-order valence-electron chi connectivity index (χ4n) is 1.49. The van der Waals surface area contributed by atoms with Crippen molar-refractivity contribution in [2.75, 3.05) is 0 Å². The van der Waals surface area contributed by atoms with Crippen LogP contribution in [0.25, 0.3) is 0 Å². The Hall–Kier alpha value is -1.31. The third kappa shape index (κ3) is 3.21. The molecule has 0 radical (unpaired) electrons. The molecule has 0 aliphatic heterocycles. The van der Waals surface area contributed by atoms with E-state index in [0.29, 0.717) is 0 Å². The van der Waals surface area contributed by atoms with Crippen molar-refractivity contribution in [3.8, 4) is 0 Å². The van der Waals surface area contributed by atoms with E-state index in [2.05, 4.69) is 24.0 Å². The van der Waals surface area contributed by atoms with Gasteiger partial charge in [-0.3, -0.25) is 0 Å². The lowest BCUT2D eigenvalue weighted by Gasteiger charge is -2.03. The minimum absolute atomic E-state index is 1.01. The van der Waals surface area contributed by atoms with Gasteiger partial charge in [-0.2, -0.15) is 0 Å². The second kappa shape index (κ2) is 6.19. The Morgan fingerprint density at radius 1 is 1.29 bits per heavy atom. The summed E-state index contributed by atoms with van der Waals surface area (Å²) in [5.74, 6) is 0. The number of aryl methyl sites for hydroxylation is 1. The molecule has 2 nitrogen and oxygen atoms in total. The molecule has 0 aliphatic rings. The highest BCUT2D eigenvalue weighted by Crippen LogP contribution is 2.20. The standard InChI is InChI=1S/C12H18N2/c1-2-3-4-7-11-8-5-6-9-12(11)14-10-13/h5-6,8-10H,2-4,7H2,1H3,(H2,13,14). The number of hydrogen-bond acceptors (Lipinski definition) is 1.